The first-order valence-electron chi connectivity index (χ1n) is 3.31. The van der Waals surface area contributed by atoms with Crippen LogP contribution in [0.1, 0.15) is 0 Å². The molecule has 2 N–H and O–H groups in total. The topological polar surface area (TPSA) is 26.0 Å². The van der Waals surface area contributed by atoms with Gasteiger partial charge in [0.15, 0.2) is 0 Å². The van der Waals surface area contributed by atoms with Crippen molar-refractivity contribution >= 4 is 10.9 Å². The largest absolute Gasteiger partial charge is 0.323 e. The van der Waals surface area contributed by atoms with Crippen LogP contribution < -0.4 is 5.73 Å². The Morgan fingerprint density at radius 3 is 2.40 bits per heavy atom. The molecule has 10 heavy (non-hydrogen) atoms. The third-order valence-corrected chi connectivity index (χ3v) is 3.20. The molecule has 1 atom stereocenters. The second-order valence-electron chi connectivity index (χ2n) is 2.22. The fraction of sp³-hybridized carbons (Fsp3) is 0.250. The Labute approximate surface area is 64.6 Å². The molecule has 0 saturated heterocycles. The van der Waals surface area contributed by atoms with Crippen LogP contribution in [0, 0.1) is 0 Å². The summed E-state index contributed by atoms with van der Waals surface area (Å²) in [6.07, 6.45) is 2.20. The first-order valence-corrected chi connectivity index (χ1v) is 5.28. The van der Waals surface area contributed by atoms with Gasteiger partial charge in [-0.1, -0.05) is 30.3 Å². The van der Waals surface area contributed by atoms with E-state index in [9.17, 15) is 0 Å². The molecule has 0 aliphatic carbocycles. The van der Waals surface area contributed by atoms with Crippen molar-refractivity contribution in [2.45, 2.75) is 4.90 Å². The molecule has 56 valence electrons. The van der Waals surface area contributed by atoms with Crippen LogP contribution in [0.4, 0.5) is 0 Å². The minimum atomic E-state index is -0.0957. The fourth-order valence-corrected chi connectivity index (χ4v) is 1.68. The monoisotopic (exact) mass is 155 g/mol. The molecular weight excluding hydrogens is 142 g/mol. The predicted octanol–water partition coefficient (Wildman–Crippen LogP) is 1.59. The van der Waals surface area contributed by atoms with E-state index in [-0.39, 0.29) is 10.9 Å². The zero-order valence-electron chi connectivity index (χ0n) is 6.12. The maximum absolute atomic E-state index is 5.53. The third kappa shape index (κ3) is 1.75. The van der Waals surface area contributed by atoms with Gasteiger partial charge in [0.25, 0.3) is 0 Å². The lowest BCUT2D eigenvalue weighted by atomic mass is 10.4. The van der Waals surface area contributed by atoms with E-state index < -0.39 is 0 Å². The van der Waals surface area contributed by atoms with Gasteiger partial charge in [0, 0.05) is 5.88 Å². The Kier molecular flexibility index (Phi) is 2.78. The summed E-state index contributed by atoms with van der Waals surface area (Å²) in [4.78, 5) is 1.39. The van der Waals surface area contributed by atoms with Crippen LogP contribution in [0.3, 0.4) is 0 Å². The van der Waals surface area contributed by atoms with Crippen molar-refractivity contribution in [3.05, 3.63) is 30.3 Å². The Morgan fingerprint density at radius 1 is 1.30 bits per heavy atom. The summed E-state index contributed by atoms with van der Waals surface area (Å²) in [6.45, 7) is 0. The van der Waals surface area contributed by atoms with Crippen LogP contribution in [-0.4, -0.2) is 12.1 Å². The Bertz CT molecular complexity index is 186. The lowest BCUT2D eigenvalue weighted by molar-refractivity contribution is 1.35. The van der Waals surface area contributed by atoms with Crippen LogP contribution in [0.2, 0.25) is 0 Å². The van der Waals surface area contributed by atoms with Crippen molar-refractivity contribution in [3.63, 3.8) is 0 Å². The summed E-state index contributed by atoms with van der Waals surface area (Å²) < 4.78 is 0. The van der Waals surface area contributed by atoms with Crippen molar-refractivity contribution in [1.29, 1.82) is 0 Å². The SMILES string of the molecule is C[SH](CN)c1ccccc1. The highest BCUT2D eigenvalue weighted by Gasteiger charge is 1.94. The summed E-state index contributed by atoms with van der Waals surface area (Å²) >= 11 is 0. The number of rotatable bonds is 2. The molecule has 0 heterocycles. The zero-order chi connectivity index (χ0) is 7.40. The molecule has 0 aliphatic rings. The highest BCUT2D eigenvalue weighted by atomic mass is 32.2. The summed E-state index contributed by atoms with van der Waals surface area (Å²) in [5, 5.41) is 0. The third-order valence-electron chi connectivity index (χ3n) is 1.47. The average Bonchev–Trinajstić information content (AvgIpc) is 2.05. The van der Waals surface area contributed by atoms with Crippen LogP contribution in [0.25, 0.3) is 0 Å². The minimum absolute atomic E-state index is 0.0957. The van der Waals surface area contributed by atoms with Gasteiger partial charge >= 0.3 is 0 Å². The molecule has 0 amide bonds. The molecule has 1 nitrogen and oxygen atoms in total. The van der Waals surface area contributed by atoms with Gasteiger partial charge in [-0.3, -0.25) is 0 Å². The van der Waals surface area contributed by atoms with Crippen LogP contribution in [-0.2, 0) is 0 Å². The van der Waals surface area contributed by atoms with Crippen molar-refractivity contribution in [1.82, 2.24) is 0 Å². The molecule has 1 unspecified atom stereocenters. The highest BCUT2D eigenvalue weighted by Crippen LogP contribution is 2.28. The number of hydrogen-bond acceptors (Lipinski definition) is 1. The number of benzene rings is 1. The molecule has 0 spiro atoms. The van der Waals surface area contributed by atoms with Crippen LogP contribution in [0.5, 0.6) is 0 Å². The first-order chi connectivity index (χ1) is 4.84. The molecule has 1 aromatic carbocycles. The van der Waals surface area contributed by atoms with E-state index in [1.54, 1.807) is 0 Å². The normalized spacial score (nSPS) is 14.8. The van der Waals surface area contributed by atoms with Gasteiger partial charge in [-0.25, -0.2) is 10.9 Å². The molecular formula is C8H13NS. The summed E-state index contributed by atoms with van der Waals surface area (Å²) in [5.74, 6) is 0.791. The molecule has 2 heteroatoms. The summed E-state index contributed by atoms with van der Waals surface area (Å²) in [7, 11) is -0.0957. The van der Waals surface area contributed by atoms with Gasteiger partial charge in [-0.05, 0) is 11.2 Å². The maximum atomic E-state index is 5.53. The van der Waals surface area contributed by atoms with Crippen molar-refractivity contribution in [3.8, 4) is 0 Å². The molecule has 1 aromatic rings. The Balaban J connectivity index is 2.75. The smallest absolute Gasteiger partial charge is 0.0246 e. The van der Waals surface area contributed by atoms with Crippen molar-refractivity contribution in [2.24, 2.45) is 5.73 Å². The second kappa shape index (κ2) is 3.64. The molecule has 0 saturated carbocycles. The summed E-state index contributed by atoms with van der Waals surface area (Å²) in [5.41, 5.74) is 5.53. The fourth-order valence-electron chi connectivity index (χ4n) is 0.788. The molecule has 0 aromatic heterocycles. The molecule has 0 bridgehead atoms. The quantitative estimate of drug-likeness (QED) is 0.623. The van der Waals surface area contributed by atoms with Gasteiger partial charge in [0.2, 0.25) is 0 Å². The maximum Gasteiger partial charge on any atom is 0.0246 e. The number of thiol groups is 1. The van der Waals surface area contributed by atoms with E-state index in [0.29, 0.717) is 0 Å². The first kappa shape index (κ1) is 7.63. The molecule has 0 fully saturated rings. The highest BCUT2D eigenvalue weighted by molar-refractivity contribution is 8.16. The van der Waals surface area contributed by atoms with Gasteiger partial charge in [-0.15, -0.1) is 0 Å². The minimum Gasteiger partial charge on any atom is -0.323 e. The second-order valence-corrected chi connectivity index (χ2v) is 4.49. The average molecular weight is 155 g/mol. The van der Waals surface area contributed by atoms with E-state index in [0.717, 1.165) is 5.88 Å². The zero-order valence-corrected chi connectivity index (χ0v) is 7.01. The van der Waals surface area contributed by atoms with Gasteiger partial charge in [0.1, 0.15) is 0 Å². The molecule has 1 rings (SSSR count). The lowest BCUT2D eigenvalue weighted by Crippen LogP contribution is -1.98. The molecule has 0 aliphatic heterocycles. The van der Waals surface area contributed by atoms with E-state index in [1.165, 1.54) is 4.90 Å². The van der Waals surface area contributed by atoms with E-state index in [1.807, 2.05) is 6.07 Å². The van der Waals surface area contributed by atoms with E-state index in [4.69, 9.17) is 5.73 Å². The summed E-state index contributed by atoms with van der Waals surface area (Å²) in [6, 6.07) is 10.4. The lowest BCUT2D eigenvalue weighted by Gasteiger charge is -2.12. The van der Waals surface area contributed by atoms with E-state index >= 15 is 0 Å². The van der Waals surface area contributed by atoms with Gasteiger partial charge in [-0.2, -0.15) is 0 Å². The van der Waals surface area contributed by atoms with Gasteiger partial charge < -0.3 is 5.73 Å². The van der Waals surface area contributed by atoms with Crippen LogP contribution >= 0.6 is 10.9 Å². The van der Waals surface area contributed by atoms with Gasteiger partial charge in [0.05, 0.1) is 0 Å². The standard InChI is InChI=1S/C8H13NS/c1-10(7-9)8-5-3-2-4-6-8/h2-6,10H,7,9H2,1H3. The van der Waals surface area contributed by atoms with Crippen molar-refractivity contribution in [2.75, 3.05) is 12.1 Å². The number of hydrogen-bond donors (Lipinski definition) is 2. The van der Waals surface area contributed by atoms with Crippen molar-refractivity contribution < 1.29 is 0 Å². The molecule has 0 radical (unpaired) electrons. The Morgan fingerprint density at radius 2 is 1.90 bits per heavy atom. The Hall–Kier alpha value is -0.470. The van der Waals surface area contributed by atoms with Crippen LogP contribution in [0.15, 0.2) is 35.2 Å². The number of nitrogens with two attached hydrogens (primary N) is 1. The van der Waals surface area contributed by atoms with E-state index in [2.05, 4.69) is 30.5 Å². The predicted molar refractivity (Wildman–Crippen MR) is 48.7 cm³/mol.